The Kier molecular flexibility index (Phi) is 3.92. The van der Waals surface area contributed by atoms with Crippen LogP contribution < -0.4 is 5.32 Å². The van der Waals surface area contributed by atoms with Gasteiger partial charge in [-0.1, -0.05) is 12.2 Å². The third kappa shape index (κ3) is 2.58. The molecule has 7 nitrogen and oxygen atoms in total. The largest absolute Gasteiger partial charge is 0.360 e. The lowest BCUT2D eigenvalue weighted by Crippen LogP contribution is -2.44. The van der Waals surface area contributed by atoms with Gasteiger partial charge in [0.05, 0.1) is 24.5 Å². The standard InChI is InChI=1S/C17H22N4O3S/c1-9(2)21-8-17-6-4-11(24-17)13(14(17)16(21)23)15(22)18-7-5-12-20-19-10(3)25-12/h4,6,9,11,13-14H,5,7-8H2,1-3H3,(H,18,22)/t11?,13?,14?,17-/m0/s1. The minimum Gasteiger partial charge on any atom is -0.360 e. The van der Waals surface area contributed by atoms with Crippen molar-refractivity contribution < 1.29 is 14.3 Å². The van der Waals surface area contributed by atoms with Crippen molar-refractivity contribution in [1.82, 2.24) is 20.4 Å². The number of ether oxygens (including phenoxy) is 1. The molecule has 4 rings (SSSR count). The van der Waals surface area contributed by atoms with Gasteiger partial charge in [0, 0.05) is 19.0 Å². The average Bonchev–Trinajstić information content (AvgIpc) is 3.29. The molecule has 2 amide bonds. The van der Waals surface area contributed by atoms with Crippen LogP contribution in [-0.4, -0.2) is 57.7 Å². The Labute approximate surface area is 150 Å². The number of fused-ring (bicyclic) bond motifs is 1. The minimum atomic E-state index is -0.621. The highest BCUT2D eigenvalue weighted by Gasteiger charge is 2.66. The van der Waals surface area contributed by atoms with Crippen LogP contribution in [0.4, 0.5) is 0 Å². The Balaban J connectivity index is 1.44. The molecule has 1 aromatic rings. The molecule has 0 aromatic carbocycles. The molecular formula is C17H22N4O3S. The van der Waals surface area contributed by atoms with Crippen LogP contribution in [0.5, 0.6) is 0 Å². The fourth-order valence-electron chi connectivity index (χ4n) is 4.11. The van der Waals surface area contributed by atoms with Crippen molar-refractivity contribution in [3.63, 3.8) is 0 Å². The molecule has 1 aromatic heterocycles. The smallest absolute Gasteiger partial charge is 0.230 e. The summed E-state index contributed by atoms with van der Waals surface area (Å²) < 4.78 is 6.08. The van der Waals surface area contributed by atoms with E-state index >= 15 is 0 Å². The van der Waals surface area contributed by atoms with E-state index in [4.69, 9.17) is 4.74 Å². The van der Waals surface area contributed by atoms with Crippen molar-refractivity contribution in [2.45, 2.75) is 44.9 Å². The molecule has 2 saturated heterocycles. The lowest BCUT2D eigenvalue weighted by Gasteiger charge is -2.24. The summed E-state index contributed by atoms with van der Waals surface area (Å²) in [5.41, 5.74) is -0.621. The second-order valence-corrected chi connectivity index (χ2v) is 8.48. The fraction of sp³-hybridized carbons (Fsp3) is 0.647. The molecule has 3 aliphatic heterocycles. The normalized spacial score (nSPS) is 32.7. The molecule has 4 atom stereocenters. The molecule has 3 unspecified atom stereocenters. The summed E-state index contributed by atoms with van der Waals surface area (Å²) in [5, 5.41) is 12.8. The minimum absolute atomic E-state index is 0.0294. The van der Waals surface area contributed by atoms with Gasteiger partial charge in [0.25, 0.3) is 0 Å². The summed E-state index contributed by atoms with van der Waals surface area (Å²) in [4.78, 5) is 27.4. The molecule has 1 N–H and O–H groups in total. The molecule has 1 spiro atoms. The lowest BCUT2D eigenvalue weighted by atomic mass is 9.77. The van der Waals surface area contributed by atoms with Crippen molar-refractivity contribution in [3.05, 3.63) is 22.2 Å². The monoisotopic (exact) mass is 362 g/mol. The lowest BCUT2D eigenvalue weighted by molar-refractivity contribution is -0.138. The summed E-state index contributed by atoms with van der Waals surface area (Å²) >= 11 is 1.53. The van der Waals surface area contributed by atoms with Gasteiger partial charge in [-0.15, -0.1) is 21.5 Å². The van der Waals surface area contributed by atoms with Gasteiger partial charge in [-0.25, -0.2) is 0 Å². The molecule has 8 heteroatoms. The van der Waals surface area contributed by atoms with Gasteiger partial charge in [0.2, 0.25) is 11.8 Å². The molecule has 0 saturated carbocycles. The fourth-order valence-corrected chi connectivity index (χ4v) is 4.82. The van der Waals surface area contributed by atoms with Crippen LogP contribution >= 0.6 is 11.3 Å². The number of hydrogen-bond acceptors (Lipinski definition) is 6. The Bertz CT molecular complexity index is 746. The zero-order chi connectivity index (χ0) is 17.8. The van der Waals surface area contributed by atoms with Crippen molar-refractivity contribution >= 4 is 23.2 Å². The van der Waals surface area contributed by atoms with Gasteiger partial charge in [0.1, 0.15) is 15.6 Å². The molecule has 3 aliphatic rings. The van der Waals surface area contributed by atoms with E-state index in [0.29, 0.717) is 19.5 Å². The Morgan fingerprint density at radius 2 is 2.32 bits per heavy atom. The number of rotatable bonds is 5. The van der Waals surface area contributed by atoms with Crippen LogP contribution in [0.3, 0.4) is 0 Å². The van der Waals surface area contributed by atoms with E-state index in [-0.39, 0.29) is 24.0 Å². The average molecular weight is 362 g/mol. The van der Waals surface area contributed by atoms with Crippen molar-refractivity contribution in [1.29, 1.82) is 0 Å². The quantitative estimate of drug-likeness (QED) is 0.780. The van der Waals surface area contributed by atoms with Gasteiger partial charge in [-0.05, 0) is 20.8 Å². The van der Waals surface area contributed by atoms with E-state index in [2.05, 4.69) is 15.5 Å². The van der Waals surface area contributed by atoms with Crippen LogP contribution in [0.2, 0.25) is 0 Å². The van der Waals surface area contributed by atoms with Crippen molar-refractivity contribution in [2.24, 2.45) is 11.8 Å². The van der Waals surface area contributed by atoms with E-state index in [1.807, 2.05) is 37.8 Å². The maximum Gasteiger partial charge on any atom is 0.230 e. The third-order valence-corrected chi connectivity index (χ3v) is 6.16. The number of carbonyl (C=O) groups excluding carboxylic acids is 2. The van der Waals surface area contributed by atoms with Crippen molar-refractivity contribution in [2.75, 3.05) is 13.1 Å². The Morgan fingerprint density at radius 3 is 3.00 bits per heavy atom. The first-order valence-corrected chi connectivity index (χ1v) is 9.47. The second kappa shape index (κ2) is 5.88. The van der Waals surface area contributed by atoms with Gasteiger partial charge in [0.15, 0.2) is 0 Å². The predicted octanol–water partition coefficient (Wildman–Crippen LogP) is 0.696. The summed E-state index contributed by atoms with van der Waals surface area (Å²) in [7, 11) is 0. The van der Waals surface area contributed by atoms with Gasteiger partial charge < -0.3 is 15.0 Å². The summed E-state index contributed by atoms with van der Waals surface area (Å²) in [5.74, 6) is -0.936. The topological polar surface area (TPSA) is 84.4 Å². The highest BCUT2D eigenvalue weighted by atomic mass is 32.1. The Hall–Kier alpha value is -1.80. The number of nitrogens with one attached hydrogen (secondary N) is 1. The van der Waals surface area contributed by atoms with Crippen LogP contribution in [0.25, 0.3) is 0 Å². The summed E-state index contributed by atoms with van der Waals surface area (Å²) in [6.07, 6.45) is 4.27. The van der Waals surface area contributed by atoms with Crippen molar-refractivity contribution in [3.8, 4) is 0 Å². The SMILES string of the molecule is Cc1nnc(CCNC(=O)C2C3C=C[C@@]4(CN(C(C)C)C(=O)C24)O3)s1. The maximum absolute atomic E-state index is 12.8. The van der Waals surface area contributed by atoms with E-state index in [0.717, 1.165) is 10.0 Å². The first-order valence-electron chi connectivity index (χ1n) is 8.65. The van der Waals surface area contributed by atoms with Gasteiger partial charge in [-0.2, -0.15) is 0 Å². The molecular weight excluding hydrogens is 340 g/mol. The van der Waals surface area contributed by atoms with Crippen LogP contribution in [0.15, 0.2) is 12.2 Å². The first-order chi connectivity index (χ1) is 11.9. The van der Waals surface area contributed by atoms with Gasteiger partial charge in [-0.3, -0.25) is 9.59 Å². The van der Waals surface area contributed by atoms with Crippen LogP contribution in [-0.2, 0) is 20.7 Å². The number of carbonyl (C=O) groups is 2. The van der Waals surface area contributed by atoms with Crippen LogP contribution in [0.1, 0.15) is 23.9 Å². The number of aromatic nitrogens is 2. The first kappa shape index (κ1) is 16.7. The summed E-state index contributed by atoms with van der Waals surface area (Å²) in [6.45, 7) is 6.91. The van der Waals surface area contributed by atoms with Gasteiger partial charge >= 0.3 is 0 Å². The van der Waals surface area contributed by atoms with E-state index in [1.54, 1.807) is 0 Å². The maximum atomic E-state index is 12.8. The Morgan fingerprint density at radius 1 is 1.52 bits per heavy atom. The number of hydrogen-bond donors (Lipinski definition) is 1. The van der Waals surface area contributed by atoms with E-state index < -0.39 is 17.4 Å². The third-order valence-electron chi connectivity index (χ3n) is 5.26. The number of likely N-dealkylation sites (tertiary alicyclic amines) is 1. The molecule has 0 aliphatic carbocycles. The molecule has 4 heterocycles. The number of nitrogens with zero attached hydrogens (tertiary/aromatic N) is 3. The second-order valence-electron chi connectivity index (χ2n) is 7.22. The molecule has 25 heavy (non-hydrogen) atoms. The number of amides is 2. The van der Waals surface area contributed by atoms with E-state index in [1.165, 1.54) is 11.3 Å². The van der Waals surface area contributed by atoms with E-state index in [9.17, 15) is 9.59 Å². The zero-order valence-corrected chi connectivity index (χ0v) is 15.4. The molecule has 2 bridgehead atoms. The highest BCUT2D eigenvalue weighted by molar-refractivity contribution is 7.11. The molecule has 134 valence electrons. The zero-order valence-electron chi connectivity index (χ0n) is 14.6. The number of aryl methyl sites for hydroxylation is 1. The molecule has 0 radical (unpaired) electrons. The predicted molar refractivity (Wildman–Crippen MR) is 91.9 cm³/mol. The summed E-state index contributed by atoms with van der Waals surface area (Å²) in [6, 6.07) is 0.105. The van der Waals surface area contributed by atoms with Crippen LogP contribution in [0, 0.1) is 18.8 Å². The highest BCUT2D eigenvalue weighted by Crippen LogP contribution is 2.52. The molecule has 2 fully saturated rings.